The Morgan fingerprint density at radius 1 is 1.26 bits per heavy atom. The number of carbonyl (C=O) groups is 1. The molecule has 0 spiro atoms. The van der Waals surface area contributed by atoms with E-state index in [0.717, 1.165) is 65.3 Å². The zero-order valence-electron chi connectivity index (χ0n) is 16.1. The van der Waals surface area contributed by atoms with Gasteiger partial charge in [-0.25, -0.2) is 0 Å². The fourth-order valence-electron chi connectivity index (χ4n) is 4.34. The molecule has 4 heterocycles. The Morgan fingerprint density at radius 2 is 2.11 bits per heavy atom. The molecule has 4 rings (SSSR count). The van der Waals surface area contributed by atoms with E-state index in [-0.39, 0.29) is 24.2 Å². The Balaban J connectivity index is 1.21. The number of ether oxygens (including phenoxy) is 3. The summed E-state index contributed by atoms with van der Waals surface area (Å²) >= 11 is 0. The standard InChI is InChI=1S/C19H30N4O4/c1-21-17(4-6-20-21)19(24)23-7-5-18-16(23)3-2-15(27-18)14-26-13-10-22-8-11-25-12-9-22/h4,6,15-16,18H,2-3,5,7-14H2,1H3/t15-,16-,18-/m1/s1. The highest BCUT2D eigenvalue weighted by Crippen LogP contribution is 2.32. The maximum absolute atomic E-state index is 12.8. The molecule has 3 fully saturated rings. The van der Waals surface area contributed by atoms with Gasteiger partial charge in [0.25, 0.3) is 5.91 Å². The van der Waals surface area contributed by atoms with E-state index in [1.807, 2.05) is 11.9 Å². The van der Waals surface area contributed by atoms with Crippen molar-refractivity contribution in [1.29, 1.82) is 0 Å². The summed E-state index contributed by atoms with van der Waals surface area (Å²) in [6, 6.07) is 1.96. The van der Waals surface area contributed by atoms with Crippen LogP contribution in [-0.4, -0.2) is 96.3 Å². The van der Waals surface area contributed by atoms with Gasteiger partial charge >= 0.3 is 0 Å². The molecule has 3 aliphatic heterocycles. The van der Waals surface area contributed by atoms with E-state index >= 15 is 0 Å². The number of amides is 1. The topological polar surface area (TPSA) is 69.1 Å². The molecule has 8 nitrogen and oxygen atoms in total. The monoisotopic (exact) mass is 378 g/mol. The fraction of sp³-hybridized carbons (Fsp3) is 0.789. The molecule has 0 N–H and O–H groups in total. The first-order valence-corrected chi connectivity index (χ1v) is 10.0. The second-order valence-corrected chi connectivity index (χ2v) is 7.60. The maximum atomic E-state index is 12.8. The molecular weight excluding hydrogens is 348 g/mol. The van der Waals surface area contributed by atoms with E-state index < -0.39 is 0 Å². The van der Waals surface area contributed by atoms with Crippen LogP contribution in [-0.2, 0) is 21.3 Å². The lowest BCUT2D eigenvalue weighted by Crippen LogP contribution is -2.46. The minimum Gasteiger partial charge on any atom is -0.379 e. The molecule has 3 aliphatic rings. The number of morpholine rings is 1. The van der Waals surface area contributed by atoms with Gasteiger partial charge in [0.1, 0.15) is 5.69 Å². The van der Waals surface area contributed by atoms with E-state index in [4.69, 9.17) is 14.2 Å². The smallest absolute Gasteiger partial charge is 0.272 e. The third-order valence-electron chi connectivity index (χ3n) is 5.90. The predicted octanol–water partition coefficient (Wildman–Crippen LogP) is 0.531. The van der Waals surface area contributed by atoms with Crippen LogP contribution in [0.5, 0.6) is 0 Å². The predicted molar refractivity (Wildman–Crippen MR) is 98.6 cm³/mol. The van der Waals surface area contributed by atoms with Crippen LogP contribution in [0, 0.1) is 0 Å². The molecule has 1 amide bonds. The van der Waals surface area contributed by atoms with E-state index in [9.17, 15) is 4.79 Å². The average Bonchev–Trinajstić information content (AvgIpc) is 3.31. The summed E-state index contributed by atoms with van der Waals surface area (Å²) in [7, 11) is 1.81. The van der Waals surface area contributed by atoms with Gasteiger partial charge in [0.15, 0.2) is 0 Å². The van der Waals surface area contributed by atoms with E-state index in [0.29, 0.717) is 12.3 Å². The lowest BCUT2D eigenvalue weighted by molar-refractivity contribution is -0.0984. The van der Waals surface area contributed by atoms with Crippen molar-refractivity contribution in [2.24, 2.45) is 7.05 Å². The van der Waals surface area contributed by atoms with Gasteiger partial charge in [-0.3, -0.25) is 14.4 Å². The molecule has 3 saturated heterocycles. The van der Waals surface area contributed by atoms with Crippen molar-refractivity contribution in [1.82, 2.24) is 19.6 Å². The number of aromatic nitrogens is 2. The first-order chi connectivity index (χ1) is 13.2. The van der Waals surface area contributed by atoms with Crippen LogP contribution in [0.1, 0.15) is 29.8 Å². The minimum absolute atomic E-state index is 0.0614. The molecule has 1 aromatic heterocycles. The lowest BCUT2D eigenvalue weighted by atomic mass is 9.99. The molecule has 3 atom stereocenters. The third kappa shape index (κ3) is 4.34. The largest absolute Gasteiger partial charge is 0.379 e. The van der Waals surface area contributed by atoms with Crippen molar-refractivity contribution in [2.75, 3.05) is 52.6 Å². The molecule has 27 heavy (non-hydrogen) atoms. The summed E-state index contributed by atoms with van der Waals surface area (Å²) in [4.78, 5) is 17.1. The number of likely N-dealkylation sites (tertiary alicyclic amines) is 1. The summed E-state index contributed by atoms with van der Waals surface area (Å²) in [5.74, 6) is 0.0614. The van der Waals surface area contributed by atoms with Gasteiger partial charge in [0, 0.05) is 39.4 Å². The number of hydrogen-bond acceptors (Lipinski definition) is 6. The molecule has 0 aliphatic carbocycles. The molecule has 0 aromatic carbocycles. The Bertz CT molecular complexity index is 631. The summed E-state index contributed by atoms with van der Waals surface area (Å²) < 4.78 is 19.1. The zero-order chi connectivity index (χ0) is 18.6. The number of aryl methyl sites for hydroxylation is 1. The van der Waals surface area contributed by atoms with Crippen LogP contribution in [0.15, 0.2) is 12.3 Å². The van der Waals surface area contributed by atoms with Gasteiger partial charge in [-0.1, -0.05) is 0 Å². The van der Waals surface area contributed by atoms with E-state index in [1.165, 1.54) is 0 Å². The molecule has 150 valence electrons. The molecule has 0 radical (unpaired) electrons. The van der Waals surface area contributed by atoms with E-state index in [2.05, 4.69) is 10.00 Å². The van der Waals surface area contributed by atoms with Gasteiger partial charge in [-0.15, -0.1) is 0 Å². The number of nitrogens with zero attached hydrogens (tertiary/aromatic N) is 4. The number of fused-ring (bicyclic) bond motifs is 1. The number of carbonyl (C=O) groups excluding carboxylic acids is 1. The van der Waals surface area contributed by atoms with Crippen molar-refractivity contribution < 1.29 is 19.0 Å². The van der Waals surface area contributed by atoms with Gasteiger partial charge in [0.05, 0.1) is 44.7 Å². The second kappa shape index (κ2) is 8.68. The highest BCUT2D eigenvalue weighted by atomic mass is 16.5. The van der Waals surface area contributed by atoms with E-state index in [1.54, 1.807) is 16.9 Å². The SMILES string of the molecule is Cn1nccc1C(=O)N1CC[C@H]2O[C@@H](COCCN3CCOCC3)CC[C@H]21. The van der Waals surface area contributed by atoms with Crippen LogP contribution in [0.3, 0.4) is 0 Å². The molecular formula is C19H30N4O4. The van der Waals surface area contributed by atoms with Crippen LogP contribution in [0.25, 0.3) is 0 Å². The molecule has 1 aromatic rings. The van der Waals surface area contributed by atoms with Crippen molar-refractivity contribution in [2.45, 2.75) is 37.5 Å². The van der Waals surface area contributed by atoms with Crippen LogP contribution in [0.4, 0.5) is 0 Å². The average molecular weight is 378 g/mol. The Labute approximate surface area is 160 Å². The van der Waals surface area contributed by atoms with Crippen molar-refractivity contribution in [3.8, 4) is 0 Å². The first-order valence-electron chi connectivity index (χ1n) is 10.0. The summed E-state index contributed by atoms with van der Waals surface area (Å²) in [5.41, 5.74) is 0.643. The van der Waals surface area contributed by atoms with Gasteiger partial charge in [0.2, 0.25) is 0 Å². The highest BCUT2D eigenvalue weighted by molar-refractivity contribution is 5.93. The van der Waals surface area contributed by atoms with Gasteiger partial charge in [-0.05, 0) is 25.3 Å². The van der Waals surface area contributed by atoms with Crippen molar-refractivity contribution >= 4 is 5.91 Å². The number of rotatable bonds is 6. The third-order valence-corrected chi connectivity index (χ3v) is 5.90. The van der Waals surface area contributed by atoms with Gasteiger partial charge in [-0.2, -0.15) is 5.10 Å². The minimum atomic E-state index is 0.0614. The first kappa shape index (κ1) is 18.9. The van der Waals surface area contributed by atoms with Gasteiger partial charge < -0.3 is 19.1 Å². The second-order valence-electron chi connectivity index (χ2n) is 7.60. The Morgan fingerprint density at radius 3 is 2.89 bits per heavy atom. The van der Waals surface area contributed by atoms with Crippen molar-refractivity contribution in [3.05, 3.63) is 18.0 Å². The normalized spacial score (nSPS) is 29.1. The Hall–Kier alpha value is -1.48. The molecule has 8 heteroatoms. The highest BCUT2D eigenvalue weighted by Gasteiger charge is 2.42. The van der Waals surface area contributed by atoms with Crippen LogP contribution < -0.4 is 0 Å². The Kier molecular flexibility index (Phi) is 6.07. The maximum Gasteiger partial charge on any atom is 0.272 e. The van der Waals surface area contributed by atoms with Crippen LogP contribution in [0.2, 0.25) is 0 Å². The zero-order valence-corrected chi connectivity index (χ0v) is 16.1. The summed E-state index contributed by atoms with van der Waals surface area (Å²) in [6.45, 7) is 6.72. The van der Waals surface area contributed by atoms with Crippen LogP contribution >= 0.6 is 0 Å². The number of hydrogen-bond donors (Lipinski definition) is 0. The fourth-order valence-corrected chi connectivity index (χ4v) is 4.34. The lowest BCUT2D eigenvalue weighted by Gasteiger charge is -2.36. The summed E-state index contributed by atoms with van der Waals surface area (Å²) in [5, 5.41) is 4.11. The molecule has 0 saturated carbocycles. The molecule has 0 bridgehead atoms. The summed E-state index contributed by atoms with van der Waals surface area (Å²) in [6.07, 6.45) is 4.76. The molecule has 0 unspecified atom stereocenters. The van der Waals surface area contributed by atoms with Crippen molar-refractivity contribution in [3.63, 3.8) is 0 Å². The quantitative estimate of drug-likeness (QED) is 0.673.